The molecule has 31 heavy (non-hydrogen) atoms. The lowest BCUT2D eigenvalue weighted by molar-refractivity contribution is -0.384. The van der Waals surface area contributed by atoms with Crippen LogP contribution in [-0.4, -0.2) is 39.5 Å². The predicted octanol–water partition coefficient (Wildman–Crippen LogP) is 3.40. The predicted molar refractivity (Wildman–Crippen MR) is 116 cm³/mol. The van der Waals surface area contributed by atoms with Gasteiger partial charge < -0.3 is 15.0 Å². The Hall–Kier alpha value is -3.14. The number of nitrogens with zero attached hydrogens (tertiary/aromatic N) is 3. The summed E-state index contributed by atoms with van der Waals surface area (Å²) in [7, 11) is 0. The van der Waals surface area contributed by atoms with Crippen LogP contribution in [0.5, 0.6) is 0 Å². The summed E-state index contributed by atoms with van der Waals surface area (Å²) >= 11 is 1.36. The van der Waals surface area contributed by atoms with Gasteiger partial charge in [-0.1, -0.05) is 23.9 Å². The number of thioether (sulfide) groups is 1. The van der Waals surface area contributed by atoms with Crippen LogP contribution in [0.15, 0.2) is 51.6 Å². The van der Waals surface area contributed by atoms with Gasteiger partial charge in [-0.15, -0.1) is 0 Å². The van der Waals surface area contributed by atoms with Crippen molar-refractivity contribution in [2.45, 2.75) is 45.2 Å². The van der Waals surface area contributed by atoms with E-state index in [0.717, 1.165) is 12.8 Å². The third-order valence-electron chi connectivity index (χ3n) is 5.18. The standard InChI is InChI=1S/C21H22N4O5S/c1-3-30-20(27)18-12(2)22-21-24(16(11-31-21)10-17(26)23-14-7-8-14)19(18)13-5-4-6-15(9-13)25(28)29/h4-6,9,11,14,19H,3,7-8,10H2,1-2H3,(H,23,26)/t19-/m1/s1. The molecule has 10 heteroatoms. The normalized spacial score (nSPS) is 20.1. The number of carbonyl (C=O) groups excluding carboxylic acids is 2. The van der Waals surface area contributed by atoms with Gasteiger partial charge in [0.25, 0.3) is 5.69 Å². The van der Waals surface area contributed by atoms with E-state index in [-0.39, 0.29) is 30.7 Å². The number of hydrogen-bond donors (Lipinski definition) is 1. The molecule has 0 saturated heterocycles. The number of nitro groups is 1. The average Bonchev–Trinajstić information content (AvgIpc) is 3.46. The van der Waals surface area contributed by atoms with E-state index < -0.39 is 16.9 Å². The summed E-state index contributed by atoms with van der Waals surface area (Å²) < 4.78 is 5.27. The van der Waals surface area contributed by atoms with E-state index in [1.807, 2.05) is 10.3 Å². The lowest BCUT2D eigenvalue weighted by atomic mass is 9.93. The molecule has 2 heterocycles. The Morgan fingerprint density at radius 3 is 2.84 bits per heavy atom. The second-order valence-corrected chi connectivity index (χ2v) is 8.32. The minimum absolute atomic E-state index is 0.0775. The minimum atomic E-state index is -0.679. The molecule has 1 aromatic rings. The van der Waals surface area contributed by atoms with Crippen molar-refractivity contribution in [1.29, 1.82) is 0 Å². The molecule has 0 spiro atoms. The van der Waals surface area contributed by atoms with E-state index in [0.29, 0.717) is 27.7 Å². The number of amidine groups is 1. The van der Waals surface area contributed by atoms with Gasteiger partial charge in [0.15, 0.2) is 5.17 Å². The smallest absolute Gasteiger partial charge is 0.338 e. The Balaban J connectivity index is 1.74. The first kappa shape index (κ1) is 21.1. The van der Waals surface area contributed by atoms with Crippen LogP contribution in [0.4, 0.5) is 5.69 Å². The number of nitro benzene ring substituents is 1. The molecule has 162 valence electrons. The van der Waals surface area contributed by atoms with Crippen LogP contribution in [-0.2, 0) is 14.3 Å². The van der Waals surface area contributed by atoms with E-state index in [1.165, 1.54) is 23.9 Å². The molecule has 4 rings (SSSR count). The number of ether oxygens (including phenoxy) is 1. The van der Waals surface area contributed by atoms with Crippen molar-refractivity contribution in [1.82, 2.24) is 10.2 Å². The van der Waals surface area contributed by atoms with Crippen LogP contribution < -0.4 is 5.32 Å². The molecule has 3 aliphatic rings. The minimum Gasteiger partial charge on any atom is -0.463 e. The molecule has 1 atom stereocenters. The van der Waals surface area contributed by atoms with E-state index in [4.69, 9.17) is 4.74 Å². The van der Waals surface area contributed by atoms with Gasteiger partial charge in [0.2, 0.25) is 5.91 Å². The molecule has 0 bridgehead atoms. The van der Waals surface area contributed by atoms with E-state index >= 15 is 0 Å². The number of hydrogen-bond acceptors (Lipinski definition) is 8. The number of fused-ring (bicyclic) bond motifs is 1. The van der Waals surface area contributed by atoms with Crippen LogP contribution in [0.2, 0.25) is 0 Å². The highest BCUT2D eigenvalue weighted by Crippen LogP contribution is 2.45. The third kappa shape index (κ3) is 4.34. The Morgan fingerprint density at radius 1 is 1.39 bits per heavy atom. The topological polar surface area (TPSA) is 114 Å². The van der Waals surface area contributed by atoms with Crippen molar-refractivity contribution in [2.24, 2.45) is 4.99 Å². The largest absolute Gasteiger partial charge is 0.463 e. The first-order chi connectivity index (χ1) is 14.9. The zero-order valence-electron chi connectivity index (χ0n) is 17.2. The Labute approximate surface area is 183 Å². The summed E-state index contributed by atoms with van der Waals surface area (Å²) in [6, 6.07) is 5.73. The molecule has 0 unspecified atom stereocenters. The fraction of sp³-hybridized carbons (Fsp3) is 0.381. The van der Waals surface area contributed by atoms with E-state index in [9.17, 15) is 19.7 Å². The summed E-state index contributed by atoms with van der Waals surface area (Å²) in [5, 5.41) is 16.8. The highest BCUT2D eigenvalue weighted by atomic mass is 32.2. The van der Waals surface area contributed by atoms with Gasteiger partial charge in [-0.2, -0.15) is 0 Å². The number of rotatable bonds is 7. The maximum absolute atomic E-state index is 12.9. The van der Waals surface area contributed by atoms with E-state index in [1.54, 1.807) is 26.0 Å². The Morgan fingerprint density at radius 2 is 2.16 bits per heavy atom. The summed E-state index contributed by atoms with van der Waals surface area (Å²) in [6.45, 7) is 3.63. The zero-order chi connectivity index (χ0) is 22.1. The molecular weight excluding hydrogens is 420 g/mol. The lowest BCUT2D eigenvalue weighted by Crippen LogP contribution is -2.38. The second-order valence-electron chi connectivity index (χ2n) is 7.48. The number of non-ortho nitro benzene ring substituents is 1. The zero-order valence-corrected chi connectivity index (χ0v) is 18.0. The van der Waals surface area contributed by atoms with Crippen LogP contribution in [0.1, 0.15) is 44.7 Å². The van der Waals surface area contributed by atoms with Gasteiger partial charge in [-0.3, -0.25) is 14.9 Å². The molecule has 0 radical (unpaired) electrons. The van der Waals surface area contributed by atoms with Crippen LogP contribution in [0.3, 0.4) is 0 Å². The van der Waals surface area contributed by atoms with Crippen molar-refractivity contribution in [3.63, 3.8) is 0 Å². The highest BCUT2D eigenvalue weighted by Gasteiger charge is 2.41. The molecule has 1 aromatic carbocycles. The molecule has 1 aliphatic carbocycles. The molecule has 1 amide bonds. The average molecular weight is 442 g/mol. The van der Waals surface area contributed by atoms with Crippen molar-refractivity contribution in [2.75, 3.05) is 6.61 Å². The van der Waals surface area contributed by atoms with Crippen molar-refractivity contribution in [3.05, 3.63) is 62.3 Å². The summed E-state index contributed by atoms with van der Waals surface area (Å²) in [5.74, 6) is -0.629. The van der Waals surface area contributed by atoms with Gasteiger partial charge in [0.1, 0.15) is 0 Å². The highest BCUT2D eigenvalue weighted by molar-refractivity contribution is 8.16. The van der Waals surface area contributed by atoms with Crippen molar-refractivity contribution < 1.29 is 19.2 Å². The van der Waals surface area contributed by atoms with Crippen molar-refractivity contribution in [3.8, 4) is 0 Å². The fourth-order valence-electron chi connectivity index (χ4n) is 3.63. The third-order valence-corrected chi connectivity index (χ3v) is 6.07. The van der Waals surface area contributed by atoms with Crippen LogP contribution in [0.25, 0.3) is 0 Å². The van der Waals surface area contributed by atoms with Gasteiger partial charge in [-0.05, 0) is 37.7 Å². The maximum Gasteiger partial charge on any atom is 0.338 e. The molecule has 1 fully saturated rings. The number of carbonyl (C=O) groups is 2. The number of aliphatic imine (C=N–C) groups is 1. The molecule has 9 nitrogen and oxygen atoms in total. The van der Waals surface area contributed by atoms with Crippen LogP contribution in [0, 0.1) is 10.1 Å². The first-order valence-corrected chi connectivity index (χ1v) is 10.9. The fourth-order valence-corrected chi connectivity index (χ4v) is 4.60. The molecule has 1 N–H and O–H groups in total. The maximum atomic E-state index is 12.9. The van der Waals surface area contributed by atoms with Gasteiger partial charge >= 0.3 is 5.97 Å². The van der Waals surface area contributed by atoms with Gasteiger partial charge in [-0.25, -0.2) is 9.79 Å². The summed E-state index contributed by atoms with van der Waals surface area (Å²) in [5.41, 5.74) is 1.96. The Kier molecular flexibility index (Phi) is 5.81. The van der Waals surface area contributed by atoms with Crippen molar-refractivity contribution >= 4 is 34.5 Å². The lowest BCUT2D eigenvalue weighted by Gasteiger charge is -2.36. The number of allylic oxidation sites excluding steroid dienone is 1. The molecule has 2 aliphatic heterocycles. The Bertz CT molecular complexity index is 1040. The molecule has 1 saturated carbocycles. The second kappa shape index (κ2) is 8.54. The number of esters is 1. The number of benzene rings is 1. The molecular formula is C21H22N4O5S. The number of nitrogens with one attached hydrogen (secondary N) is 1. The monoisotopic (exact) mass is 442 g/mol. The van der Waals surface area contributed by atoms with Crippen LogP contribution >= 0.6 is 11.8 Å². The quantitative estimate of drug-likeness (QED) is 0.391. The molecule has 0 aromatic heterocycles. The summed E-state index contributed by atoms with van der Waals surface area (Å²) in [6.07, 6.45) is 2.10. The van der Waals surface area contributed by atoms with Gasteiger partial charge in [0.05, 0.1) is 35.3 Å². The SMILES string of the molecule is CCOC(=O)C1=C(C)N=C2SC=C(CC(=O)NC3CC3)N2[C@@H]1c1cccc([N+](=O)[O-])c1. The summed E-state index contributed by atoms with van der Waals surface area (Å²) in [4.78, 5) is 42.6. The van der Waals surface area contributed by atoms with Gasteiger partial charge in [0, 0.05) is 23.9 Å². The van der Waals surface area contributed by atoms with E-state index in [2.05, 4.69) is 10.3 Å². The first-order valence-electron chi connectivity index (χ1n) is 10.0. The number of amides is 1.